The minimum absolute atomic E-state index is 0.0663. The summed E-state index contributed by atoms with van der Waals surface area (Å²) in [6.45, 7) is 3.46. The summed E-state index contributed by atoms with van der Waals surface area (Å²) >= 11 is 3.47. The summed E-state index contributed by atoms with van der Waals surface area (Å²) in [5.74, 6) is -0.655. The van der Waals surface area contributed by atoms with Crippen LogP contribution in [-0.4, -0.2) is 50.0 Å². The van der Waals surface area contributed by atoms with Gasteiger partial charge >= 0.3 is 0 Å². The Hall–Kier alpha value is -3.17. The summed E-state index contributed by atoms with van der Waals surface area (Å²) in [4.78, 5) is 29.9. The van der Waals surface area contributed by atoms with E-state index in [-0.39, 0.29) is 18.5 Å². The summed E-state index contributed by atoms with van der Waals surface area (Å²) in [7, 11) is -3.81. The molecule has 1 atom stereocenters. The number of anilines is 1. The first-order valence-corrected chi connectivity index (χ1v) is 17.1. The van der Waals surface area contributed by atoms with Crippen molar-refractivity contribution in [3.63, 3.8) is 0 Å². The average molecular weight is 655 g/mol. The van der Waals surface area contributed by atoms with Crippen LogP contribution in [0.4, 0.5) is 5.69 Å². The predicted octanol–water partition coefficient (Wildman–Crippen LogP) is 5.92. The second-order valence-corrected chi connectivity index (χ2v) is 14.1. The molecule has 2 amide bonds. The second-order valence-electron chi connectivity index (χ2n) is 11.3. The van der Waals surface area contributed by atoms with Crippen LogP contribution < -0.4 is 9.62 Å². The normalized spacial score (nSPS) is 14.7. The lowest BCUT2D eigenvalue weighted by atomic mass is 9.94. The molecule has 42 heavy (non-hydrogen) atoms. The Bertz CT molecular complexity index is 1470. The van der Waals surface area contributed by atoms with Crippen LogP contribution in [0.5, 0.6) is 0 Å². The number of rotatable bonds is 11. The zero-order valence-corrected chi connectivity index (χ0v) is 27.0. The third-order valence-corrected chi connectivity index (χ3v) is 9.46. The summed E-state index contributed by atoms with van der Waals surface area (Å²) in [6, 6.07) is 22.0. The first-order chi connectivity index (χ1) is 20.0. The van der Waals surface area contributed by atoms with Gasteiger partial charge in [0.2, 0.25) is 21.8 Å². The minimum Gasteiger partial charge on any atom is -0.352 e. The minimum atomic E-state index is -3.81. The highest BCUT2D eigenvalue weighted by molar-refractivity contribution is 9.10. The molecule has 1 fully saturated rings. The Labute approximate surface area is 258 Å². The van der Waals surface area contributed by atoms with Crippen LogP contribution in [0.3, 0.4) is 0 Å². The van der Waals surface area contributed by atoms with Crippen molar-refractivity contribution in [3.05, 3.63) is 99.5 Å². The summed E-state index contributed by atoms with van der Waals surface area (Å²) in [6.07, 6.45) is 6.54. The zero-order chi connectivity index (χ0) is 30.3. The molecule has 1 unspecified atom stereocenters. The molecular formula is C33H40BrN3O4S. The van der Waals surface area contributed by atoms with Crippen molar-refractivity contribution in [2.45, 2.75) is 71.0 Å². The van der Waals surface area contributed by atoms with Crippen LogP contribution in [-0.2, 0) is 32.6 Å². The maximum atomic E-state index is 14.3. The first-order valence-electron chi connectivity index (χ1n) is 14.4. The third-order valence-electron chi connectivity index (χ3n) is 7.80. The molecule has 224 valence electrons. The number of benzene rings is 3. The highest BCUT2D eigenvalue weighted by Gasteiger charge is 2.34. The largest absolute Gasteiger partial charge is 0.352 e. The number of carbonyl (C=O) groups excluding carboxylic acids is 2. The maximum absolute atomic E-state index is 14.3. The molecule has 0 heterocycles. The van der Waals surface area contributed by atoms with Gasteiger partial charge in [-0.15, -0.1) is 0 Å². The number of nitrogens with zero attached hydrogens (tertiary/aromatic N) is 2. The molecule has 0 bridgehead atoms. The summed E-state index contributed by atoms with van der Waals surface area (Å²) < 4.78 is 28.2. The number of nitrogens with one attached hydrogen (secondary N) is 1. The number of sulfonamides is 1. The van der Waals surface area contributed by atoms with Crippen LogP contribution in [0, 0.1) is 13.8 Å². The Kier molecular flexibility index (Phi) is 10.8. The maximum Gasteiger partial charge on any atom is 0.244 e. The number of hydrogen-bond acceptors (Lipinski definition) is 4. The molecule has 0 aliphatic heterocycles. The van der Waals surface area contributed by atoms with Gasteiger partial charge in [0, 0.05) is 23.5 Å². The van der Waals surface area contributed by atoms with Gasteiger partial charge in [0.25, 0.3) is 0 Å². The van der Waals surface area contributed by atoms with Crippen molar-refractivity contribution in [2.24, 2.45) is 0 Å². The van der Waals surface area contributed by atoms with E-state index >= 15 is 0 Å². The third kappa shape index (κ3) is 8.67. The highest BCUT2D eigenvalue weighted by Crippen LogP contribution is 2.26. The van der Waals surface area contributed by atoms with Gasteiger partial charge in [-0.25, -0.2) is 8.42 Å². The number of carbonyl (C=O) groups is 2. The summed E-state index contributed by atoms with van der Waals surface area (Å²) in [5, 5.41) is 3.23. The Morgan fingerprint density at radius 3 is 2.24 bits per heavy atom. The Morgan fingerprint density at radius 2 is 1.60 bits per heavy atom. The predicted molar refractivity (Wildman–Crippen MR) is 172 cm³/mol. The molecule has 3 aromatic carbocycles. The van der Waals surface area contributed by atoms with Crippen molar-refractivity contribution < 1.29 is 18.0 Å². The molecule has 7 nitrogen and oxygen atoms in total. The van der Waals surface area contributed by atoms with E-state index in [9.17, 15) is 18.0 Å². The van der Waals surface area contributed by atoms with Crippen molar-refractivity contribution in [3.8, 4) is 0 Å². The van der Waals surface area contributed by atoms with Crippen molar-refractivity contribution in [2.75, 3.05) is 17.1 Å². The van der Waals surface area contributed by atoms with Gasteiger partial charge in [-0.3, -0.25) is 13.9 Å². The molecule has 0 spiro atoms. The van der Waals surface area contributed by atoms with E-state index in [1.807, 2.05) is 80.6 Å². The van der Waals surface area contributed by atoms with Crippen molar-refractivity contribution in [1.29, 1.82) is 0 Å². The van der Waals surface area contributed by atoms with Crippen LogP contribution >= 0.6 is 15.9 Å². The van der Waals surface area contributed by atoms with E-state index in [2.05, 4.69) is 21.2 Å². The van der Waals surface area contributed by atoms with E-state index in [0.29, 0.717) is 12.1 Å². The van der Waals surface area contributed by atoms with Crippen molar-refractivity contribution >= 4 is 43.5 Å². The van der Waals surface area contributed by atoms with Gasteiger partial charge in [0.1, 0.15) is 12.6 Å². The van der Waals surface area contributed by atoms with Gasteiger partial charge < -0.3 is 10.2 Å². The highest BCUT2D eigenvalue weighted by atomic mass is 79.9. The van der Waals surface area contributed by atoms with Gasteiger partial charge in [0.15, 0.2) is 0 Å². The molecule has 1 aliphatic rings. The monoisotopic (exact) mass is 653 g/mol. The second kappa shape index (κ2) is 14.3. The number of amides is 2. The first kappa shape index (κ1) is 31.8. The lowest BCUT2D eigenvalue weighted by Crippen LogP contribution is -2.55. The Balaban J connectivity index is 1.73. The van der Waals surface area contributed by atoms with E-state index in [1.165, 1.54) is 0 Å². The van der Waals surface area contributed by atoms with Gasteiger partial charge in [-0.1, -0.05) is 89.8 Å². The molecule has 1 saturated carbocycles. The molecule has 1 aliphatic carbocycles. The number of halogens is 1. The van der Waals surface area contributed by atoms with E-state index < -0.39 is 28.5 Å². The lowest BCUT2D eigenvalue weighted by molar-refractivity contribution is -0.140. The van der Waals surface area contributed by atoms with Gasteiger partial charge in [-0.05, 0) is 67.1 Å². The lowest BCUT2D eigenvalue weighted by Gasteiger charge is -2.35. The molecule has 1 N–H and O–H groups in total. The fourth-order valence-corrected chi connectivity index (χ4v) is 6.63. The molecule has 9 heteroatoms. The van der Waals surface area contributed by atoms with Gasteiger partial charge in [0.05, 0.1) is 11.9 Å². The average Bonchev–Trinajstić information content (AvgIpc) is 2.96. The SMILES string of the molecule is Cc1ccc(C)c(N(CC(=O)N(Cc2ccc(Br)cc2)C(Cc2ccccc2)C(=O)NC2CCCCC2)S(C)(=O)=O)c1. The standard InChI is InChI=1S/C33H40BrN3O4S/c1-24-14-15-25(2)30(20-24)37(42(3,40)41)23-32(38)36(22-27-16-18-28(34)19-17-27)31(21-26-10-6-4-7-11-26)33(39)35-29-12-8-5-9-13-29/h4,6-7,10-11,14-20,29,31H,5,8-9,12-13,21-23H2,1-3H3,(H,35,39). The fraction of sp³-hybridized carbons (Fsp3) is 0.394. The molecule has 0 saturated heterocycles. The zero-order valence-electron chi connectivity index (χ0n) is 24.6. The number of hydrogen-bond donors (Lipinski definition) is 1. The fourth-order valence-electron chi connectivity index (χ4n) is 5.47. The molecule has 3 aromatic rings. The van der Waals surface area contributed by atoms with Crippen LogP contribution in [0.2, 0.25) is 0 Å². The number of aryl methyl sites for hydroxylation is 2. The van der Waals surface area contributed by atoms with Crippen LogP contribution in [0.15, 0.2) is 77.3 Å². The topological polar surface area (TPSA) is 86.8 Å². The quantitative estimate of drug-likeness (QED) is 0.278. The van der Waals surface area contributed by atoms with Crippen LogP contribution in [0.25, 0.3) is 0 Å². The van der Waals surface area contributed by atoms with E-state index in [0.717, 1.165) is 69.4 Å². The van der Waals surface area contributed by atoms with Gasteiger partial charge in [-0.2, -0.15) is 0 Å². The van der Waals surface area contributed by atoms with Crippen molar-refractivity contribution in [1.82, 2.24) is 10.2 Å². The Morgan fingerprint density at radius 1 is 0.929 bits per heavy atom. The van der Waals surface area contributed by atoms with E-state index in [4.69, 9.17) is 0 Å². The van der Waals surface area contributed by atoms with Crippen LogP contribution in [0.1, 0.15) is 54.4 Å². The molecule has 4 rings (SSSR count). The summed E-state index contributed by atoms with van der Waals surface area (Å²) in [5.41, 5.74) is 3.85. The van der Waals surface area contributed by atoms with E-state index in [1.54, 1.807) is 11.0 Å². The molecular weight excluding hydrogens is 614 g/mol. The smallest absolute Gasteiger partial charge is 0.244 e. The molecule has 0 aromatic heterocycles. The molecule has 0 radical (unpaired) electrons.